The Morgan fingerprint density at radius 2 is 2.19 bits per heavy atom. The number of carbonyl (C=O) groups is 1. The lowest BCUT2D eigenvalue weighted by Gasteiger charge is -2.13. The quantitative estimate of drug-likeness (QED) is 0.768. The van der Waals surface area contributed by atoms with Crippen molar-refractivity contribution in [3.8, 4) is 0 Å². The standard InChI is InChI=1S/C16H22ClN3O/c1-10(2)7-14(18)16(21)19-6-5-11-9-20-15-4-3-12(17)8-13(11)15/h3-4,8-10,14,20H,5-7,18H2,1-2H3,(H,19,21)/t14-/m0/s1. The normalized spacial score (nSPS) is 12.8. The Hall–Kier alpha value is -1.52. The summed E-state index contributed by atoms with van der Waals surface area (Å²) in [4.78, 5) is 15.1. The van der Waals surface area contributed by atoms with Gasteiger partial charge in [-0.3, -0.25) is 4.79 Å². The number of hydrogen-bond acceptors (Lipinski definition) is 2. The second kappa shape index (κ2) is 6.96. The minimum atomic E-state index is -0.428. The van der Waals surface area contributed by atoms with Crippen LogP contribution >= 0.6 is 11.6 Å². The van der Waals surface area contributed by atoms with Gasteiger partial charge >= 0.3 is 0 Å². The summed E-state index contributed by atoms with van der Waals surface area (Å²) in [6.07, 6.45) is 3.41. The molecule has 0 aliphatic rings. The van der Waals surface area contributed by atoms with Gasteiger partial charge in [0.05, 0.1) is 6.04 Å². The van der Waals surface area contributed by atoms with Gasteiger partial charge in [-0.05, 0) is 42.5 Å². The molecule has 1 amide bonds. The SMILES string of the molecule is CC(C)C[C@H](N)C(=O)NCCc1c[nH]c2ccc(Cl)cc12. The third-order valence-electron chi connectivity index (χ3n) is 3.49. The number of halogens is 1. The number of amides is 1. The molecule has 0 unspecified atom stereocenters. The first kappa shape index (κ1) is 15.9. The average molecular weight is 308 g/mol. The molecule has 0 bridgehead atoms. The molecule has 4 nitrogen and oxygen atoms in total. The van der Waals surface area contributed by atoms with Gasteiger partial charge in [0, 0.05) is 28.7 Å². The fourth-order valence-electron chi connectivity index (χ4n) is 2.42. The van der Waals surface area contributed by atoms with Crippen molar-refractivity contribution in [3.63, 3.8) is 0 Å². The molecule has 2 rings (SSSR count). The van der Waals surface area contributed by atoms with Crippen LogP contribution in [0.2, 0.25) is 5.02 Å². The number of H-pyrrole nitrogens is 1. The summed E-state index contributed by atoms with van der Waals surface area (Å²) in [6.45, 7) is 4.69. The van der Waals surface area contributed by atoms with Crippen LogP contribution in [0, 0.1) is 5.92 Å². The van der Waals surface area contributed by atoms with E-state index in [-0.39, 0.29) is 5.91 Å². The van der Waals surface area contributed by atoms with Gasteiger partial charge in [-0.25, -0.2) is 0 Å². The van der Waals surface area contributed by atoms with E-state index in [1.165, 1.54) is 0 Å². The Morgan fingerprint density at radius 1 is 1.43 bits per heavy atom. The van der Waals surface area contributed by atoms with Gasteiger partial charge in [0.2, 0.25) is 5.91 Å². The van der Waals surface area contributed by atoms with E-state index >= 15 is 0 Å². The highest BCUT2D eigenvalue weighted by Crippen LogP contribution is 2.22. The first-order valence-electron chi connectivity index (χ1n) is 7.26. The zero-order valence-electron chi connectivity index (χ0n) is 12.4. The maximum Gasteiger partial charge on any atom is 0.236 e. The van der Waals surface area contributed by atoms with Gasteiger partial charge in [0.25, 0.3) is 0 Å². The van der Waals surface area contributed by atoms with Gasteiger partial charge in [-0.1, -0.05) is 25.4 Å². The summed E-state index contributed by atoms with van der Waals surface area (Å²) in [5.41, 5.74) is 8.05. The van der Waals surface area contributed by atoms with Gasteiger partial charge < -0.3 is 16.0 Å². The third kappa shape index (κ3) is 4.22. The summed E-state index contributed by atoms with van der Waals surface area (Å²) in [6, 6.07) is 5.33. The third-order valence-corrected chi connectivity index (χ3v) is 3.72. The molecule has 0 radical (unpaired) electrons. The van der Waals surface area contributed by atoms with Crippen molar-refractivity contribution in [2.24, 2.45) is 11.7 Å². The molecule has 0 saturated heterocycles. The smallest absolute Gasteiger partial charge is 0.236 e. The molecule has 4 N–H and O–H groups in total. The first-order chi connectivity index (χ1) is 9.97. The lowest BCUT2D eigenvalue weighted by atomic mass is 10.0. The molecular formula is C16H22ClN3O. The predicted octanol–water partition coefficient (Wildman–Crippen LogP) is 2.85. The molecule has 0 spiro atoms. The van der Waals surface area contributed by atoms with Crippen LogP contribution in [0.4, 0.5) is 0 Å². The summed E-state index contributed by atoms with van der Waals surface area (Å²) in [7, 11) is 0. The van der Waals surface area contributed by atoms with E-state index < -0.39 is 6.04 Å². The van der Waals surface area contributed by atoms with E-state index in [1.54, 1.807) is 0 Å². The van der Waals surface area contributed by atoms with Gasteiger partial charge in [-0.15, -0.1) is 0 Å². The topological polar surface area (TPSA) is 70.9 Å². The molecule has 1 heterocycles. The number of rotatable bonds is 6. The maximum atomic E-state index is 11.9. The molecule has 2 aromatic rings. The van der Waals surface area contributed by atoms with Crippen molar-refractivity contribution in [1.82, 2.24) is 10.3 Å². The number of nitrogens with one attached hydrogen (secondary N) is 2. The van der Waals surface area contributed by atoms with Crippen molar-refractivity contribution in [3.05, 3.63) is 35.0 Å². The Balaban J connectivity index is 1.90. The van der Waals surface area contributed by atoms with E-state index in [4.69, 9.17) is 17.3 Å². The molecule has 0 aliphatic carbocycles. The Morgan fingerprint density at radius 3 is 2.90 bits per heavy atom. The van der Waals surface area contributed by atoms with Crippen LogP contribution in [0.3, 0.4) is 0 Å². The average Bonchev–Trinajstić information content (AvgIpc) is 2.80. The minimum absolute atomic E-state index is 0.0819. The molecule has 1 aromatic heterocycles. The Kier molecular flexibility index (Phi) is 5.26. The maximum absolute atomic E-state index is 11.9. The molecule has 0 aliphatic heterocycles. The lowest BCUT2D eigenvalue weighted by Crippen LogP contribution is -2.42. The molecule has 1 atom stereocenters. The zero-order valence-corrected chi connectivity index (χ0v) is 13.2. The number of benzene rings is 1. The highest BCUT2D eigenvalue weighted by Gasteiger charge is 2.14. The van der Waals surface area contributed by atoms with Gasteiger partial charge in [0.15, 0.2) is 0 Å². The summed E-state index contributed by atoms with van der Waals surface area (Å²) in [5, 5.41) is 4.71. The molecule has 5 heteroatoms. The number of nitrogens with two attached hydrogens (primary N) is 1. The van der Waals surface area contributed by atoms with Crippen LogP contribution in [0.1, 0.15) is 25.8 Å². The van der Waals surface area contributed by atoms with Crippen molar-refractivity contribution >= 4 is 28.4 Å². The van der Waals surface area contributed by atoms with Crippen LogP contribution in [-0.2, 0) is 11.2 Å². The summed E-state index contributed by atoms with van der Waals surface area (Å²) in [5.74, 6) is 0.336. The molecular weight excluding hydrogens is 286 g/mol. The van der Waals surface area contributed by atoms with Crippen molar-refractivity contribution in [1.29, 1.82) is 0 Å². The number of fused-ring (bicyclic) bond motifs is 1. The number of aromatic amines is 1. The molecule has 0 saturated carbocycles. The van der Waals surface area contributed by atoms with Gasteiger partial charge in [0.1, 0.15) is 0 Å². The van der Waals surface area contributed by atoms with Gasteiger partial charge in [-0.2, -0.15) is 0 Å². The van der Waals surface area contributed by atoms with Crippen molar-refractivity contribution < 1.29 is 4.79 Å². The monoisotopic (exact) mass is 307 g/mol. The summed E-state index contributed by atoms with van der Waals surface area (Å²) >= 11 is 6.02. The van der Waals surface area contributed by atoms with Crippen LogP contribution in [-0.4, -0.2) is 23.5 Å². The van der Waals surface area contributed by atoms with E-state index in [0.29, 0.717) is 23.9 Å². The second-order valence-electron chi connectivity index (χ2n) is 5.78. The predicted molar refractivity (Wildman–Crippen MR) is 87.5 cm³/mol. The molecule has 114 valence electrons. The Bertz CT molecular complexity index is 621. The van der Waals surface area contributed by atoms with Crippen LogP contribution < -0.4 is 11.1 Å². The van der Waals surface area contributed by atoms with Crippen molar-refractivity contribution in [2.75, 3.05) is 6.54 Å². The molecule has 21 heavy (non-hydrogen) atoms. The number of aromatic nitrogens is 1. The van der Waals surface area contributed by atoms with E-state index in [1.807, 2.05) is 24.4 Å². The second-order valence-corrected chi connectivity index (χ2v) is 6.22. The van der Waals surface area contributed by atoms with Crippen molar-refractivity contribution in [2.45, 2.75) is 32.7 Å². The highest BCUT2D eigenvalue weighted by molar-refractivity contribution is 6.31. The molecule has 1 aromatic carbocycles. The highest BCUT2D eigenvalue weighted by atomic mass is 35.5. The fourth-order valence-corrected chi connectivity index (χ4v) is 2.60. The zero-order chi connectivity index (χ0) is 15.4. The van der Waals surface area contributed by atoms with E-state index in [9.17, 15) is 4.79 Å². The fraction of sp³-hybridized carbons (Fsp3) is 0.438. The van der Waals surface area contributed by atoms with Crippen LogP contribution in [0.5, 0.6) is 0 Å². The largest absolute Gasteiger partial charge is 0.361 e. The van der Waals surface area contributed by atoms with E-state index in [0.717, 1.165) is 22.9 Å². The first-order valence-corrected chi connectivity index (χ1v) is 7.64. The van der Waals surface area contributed by atoms with Crippen LogP contribution in [0.15, 0.2) is 24.4 Å². The minimum Gasteiger partial charge on any atom is -0.361 e. The van der Waals surface area contributed by atoms with Crippen LogP contribution in [0.25, 0.3) is 10.9 Å². The number of carbonyl (C=O) groups excluding carboxylic acids is 1. The van der Waals surface area contributed by atoms with E-state index in [2.05, 4.69) is 24.1 Å². The lowest BCUT2D eigenvalue weighted by molar-refractivity contribution is -0.122. The summed E-state index contributed by atoms with van der Waals surface area (Å²) < 4.78 is 0. The molecule has 0 fully saturated rings. The number of hydrogen-bond donors (Lipinski definition) is 3. The Labute approximate surface area is 130 Å².